The highest BCUT2D eigenvalue weighted by molar-refractivity contribution is 6.74. The van der Waals surface area contributed by atoms with Crippen LogP contribution in [-0.2, 0) is 4.43 Å². The van der Waals surface area contributed by atoms with Crippen LogP contribution in [0.15, 0.2) is 24.3 Å². The summed E-state index contributed by atoms with van der Waals surface area (Å²) < 4.78 is 12.1. The summed E-state index contributed by atoms with van der Waals surface area (Å²) in [6, 6.07) is 10.3. The second kappa shape index (κ2) is 9.20. The van der Waals surface area contributed by atoms with Crippen LogP contribution in [0.25, 0.3) is 0 Å². The van der Waals surface area contributed by atoms with E-state index in [0.717, 1.165) is 31.8 Å². The number of likely N-dealkylation sites (N-methyl/N-ethyl adjacent to an activating group) is 1. The van der Waals surface area contributed by atoms with Crippen LogP contribution in [0.4, 0.5) is 0 Å². The molecule has 0 aliphatic carbocycles. The number of likely N-dealkylation sites (tertiary alicyclic amines) is 1. The van der Waals surface area contributed by atoms with Gasteiger partial charge in [0, 0.05) is 25.7 Å². The van der Waals surface area contributed by atoms with E-state index >= 15 is 0 Å². The van der Waals surface area contributed by atoms with Gasteiger partial charge in [-0.05, 0) is 49.3 Å². The van der Waals surface area contributed by atoms with Gasteiger partial charge >= 0.3 is 0 Å². The van der Waals surface area contributed by atoms with Gasteiger partial charge in [-0.2, -0.15) is 5.26 Å². The zero-order valence-electron chi connectivity index (χ0n) is 17.7. The first kappa shape index (κ1) is 21.9. The molecule has 0 saturated carbocycles. The molecule has 150 valence electrons. The van der Waals surface area contributed by atoms with E-state index in [-0.39, 0.29) is 17.7 Å². The van der Waals surface area contributed by atoms with Gasteiger partial charge in [-0.25, -0.2) is 0 Å². The van der Waals surface area contributed by atoms with Crippen LogP contribution >= 0.6 is 0 Å². The van der Waals surface area contributed by atoms with Gasteiger partial charge in [0.15, 0.2) is 14.9 Å². The fourth-order valence-corrected chi connectivity index (χ4v) is 4.59. The zero-order valence-corrected chi connectivity index (χ0v) is 18.7. The van der Waals surface area contributed by atoms with E-state index in [2.05, 4.69) is 50.1 Å². The molecule has 1 aromatic rings. The van der Waals surface area contributed by atoms with Crippen molar-refractivity contribution in [2.75, 3.05) is 33.3 Å². The molecule has 2 rings (SSSR count). The first-order valence-electron chi connectivity index (χ1n) is 9.83. The second-order valence-corrected chi connectivity index (χ2v) is 13.7. The van der Waals surface area contributed by atoms with Crippen molar-refractivity contribution in [3.63, 3.8) is 0 Å². The smallest absolute Gasteiger partial charge is 0.192 e. The van der Waals surface area contributed by atoms with Crippen molar-refractivity contribution >= 4 is 8.32 Å². The topological polar surface area (TPSA) is 57.5 Å². The third-order valence-electron chi connectivity index (χ3n) is 5.85. The molecule has 5 nitrogen and oxygen atoms in total. The summed E-state index contributed by atoms with van der Waals surface area (Å²) in [5.74, 6) is 0.745. The van der Waals surface area contributed by atoms with Gasteiger partial charge in [0.2, 0.25) is 0 Å². The Kier molecular flexibility index (Phi) is 7.46. The third-order valence-corrected chi connectivity index (χ3v) is 10.4. The van der Waals surface area contributed by atoms with Crippen LogP contribution in [0.5, 0.6) is 5.75 Å². The van der Waals surface area contributed by atoms with Gasteiger partial charge in [-0.1, -0.05) is 32.9 Å². The molecule has 1 fully saturated rings. The van der Waals surface area contributed by atoms with Crippen molar-refractivity contribution in [3.05, 3.63) is 29.8 Å². The van der Waals surface area contributed by atoms with Crippen LogP contribution in [0.1, 0.15) is 38.8 Å². The van der Waals surface area contributed by atoms with E-state index in [1.807, 2.05) is 31.3 Å². The molecule has 1 aliphatic rings. The number of rotatable bonds is 8. The molecule has 0 aromatic heterocycles. The van der Waals surface area contributed by atoms with E-state index in [1.54, 1.807) is 0 Å². The Morgan fingerprint density at radius 3 is 2.74 bits per heavy atom. The predicted molar refractivity (Wildman–Crippen MR) is 112 cm³/mol. The molecule has 1 aromatic carbocycles. The quantitative estimate of drug-likeness (QED) is 0.682. The molecule has 1 heterocycles. The molecule has 1 N–H and O–H groups in total. The molecule has 2 atom stereocenters. The first-order chi connectivity index (χ1) is 12.7. The fourth-order valence-electron chi connectivity index (χ4n) is 3.21. The van der Waals surface area contributed by atoms with E-state index in [9.17, 15) is 0 Å². The summed E-state index contributed by atoms with van der Waals surface area (Å²) in [7, 11) is 0.276. The number of benzene rings is 1. The maximum Gasteiger partial charge on any atom is 0.192 e. The summed E-state index contributed by atoms with van der Waals surface area (Å²) >= 11 is 0. The van der Waals surface area contributed by atoms with E-state index in [1.165, 1.54) is 5.56 Å². The Balaban J connectivity index is 1.95. The Hall–Kier alpha value is -1.39. The van der Waals surface area contributed by atoms with Crippen LogP contribution in [0, 0.1) is 11.3 Å². The summed E-state index contributed by atoms with van der Waals surface area (Å²) in [6.07, 6.45) is 1.45. The number of ether oxygens (including phenoxy) is 1. The summed E-state index contributed by atoms with van der Waals surface area (Å²) in [4.78, 5) is 2.49. The summed E-state index contributed by atoms with van der Waals surface area (Å²) in [5, 5.41) is 12.4. The van der Waals surface area contributed by atoms with Crippen LogP contribution in [-0.4, -0.2) is 52.6 Å². The first-order valence-corrected chi connectivity index (χ1v) is 12.7. The Morgan fingerprint density at radius 1 is 1.37 bits per heavy atom. The predicted octanol–water partition coefficient (Wildman–Crippen LogP) is 3.95. The number of nitrogens with one attached hydrogen (secondary N) is 1. The lowest BCUT2D eigenvalue weighted by atomic mass is 10.1. The highest BCUT2D eigenvalue weighted by Crippen LogP contribution is 2.38. The molecule has 0 bridgehead atoms. The van der Waals surface area contributed by atoms with Crippen molar-refractivity contribution in [3.8, 4) is 11.8 Å². The molecule has 0 amide bonds. The summed E-state index contributed by atoms with van der Waals surface area (Å²) in [6.45, 7) is 14.6. The van der Waals surface area contributed by atoms with Crippen molar-refractivity contribution in [2.45, 2.75) is 57.5 Å². The lowest BCUT2D eigenvalue weighted by molar-refractivity contribution is 0.177. The minimum absolute atomic E-state index is 0.0757. The third kappa shape index (κ3) is 6.05. The Bertz CT molecular complexity index is 652. The molecular formula is C21H35N3O2Si. The van der Waals surface area contributed by atoms with E-state index < -0.39 is 8.32 Å². The molecule has 27 heavy (non-hydrogen) atoms. The lowest BCUT2D eigenvalue weighted by Crippen LogP contribution is -2.44. The largest absolute Gasteiger partial charge is 0.479 e. The fraction of sp³-hybridized carbons (Fsp3) is 0.667. The lowest BCUT2D eigenvalue weighted by Gasteiger charge is -2.38. The molecule has 0 radical (unpaired) electrons. The second-order valence-electron chi connectivity index (χ2n) is 8.91. The monoisotopic (exact) mass is 389 g/mol. The molecule has 2 unspecified atom stereocenters. The maximum atomic E-state index is 8.69. The highest BCUT2D eigenvalue weighted by atomic mass is 28.4. The number of hydrogen-bond donors (Lipinski definition) is 1. The van der Waals surface area contributed by atoms with E-state index in [0.29, 0.717) is 6.10 Å². The van der Waals surface area contributed by atoms with Crippen molar-refractivity contribution in [1.82, 2.24) is 10.2 Å². The standard InChI is InChI=1S/C21H35N3O2Si/c1-21(2,3)27(5,6)26-19-10-12-24(15-19)16-20(23-4)17-8-7-9-18(14-17)25-13-11-22/h7-9,14,19-20,23H,10,12-13,15-16H2,1-6H3. The van der Waals surface area contributed by atoms with Crippen LogP contribution in [0.2, 0.25) is 18.1 Å². The normalized spacial score (nSPS) is 19.7. The number of hydrogen-bond acceptors (Lipinski definition) is 5. The van der Waals surface area contributed by atoms with Gasteiger partial charge in [0.1, 0.15) is 11.8 Å². The van der Waals surface area contributed by atoms with Crippen molar-refractivity contribution in [2.24, 2.45) is 0 Å². The average molecular weight is 390 g/mol. The average Bonchev–Trinajstić information content (AvgIpc) is 3.03. The van der Waals surface area contributed by atoms with Gasteiger partial charge in [0.05, 0.1) is 6.10 Å². The minimum Gasteiger partial charge on any atom is -0.479 e. The Labute approximate surface area is 165 Å². The van der Waals surface area contributed by atoms with Gasteiger partial charge in [0.25, 0.3) is 0 Å². The van der Waals surface area contributed by atoms with Crippen LogP contribution in [0.3, 0.4) is 0 Å². The maximum absolute atomic E-state index is 8.69. The number of nitrogens with zero attached hydrogens (tertiary/aromatic N) is 2. The van der Waals surface area contributed by atoms with Crippen LogP contribution < -0.4 is 10.1 Å². The van der Waals surface area contributed by atoms with Gasteiger partial charge < -0.3 is 14.5 Å². The summed E-state index contributed by atoms with van der Waals surface area (Å²) in [5.41, 5.74) is 1.18. The van der Waals surface area contributed by atoms with Crippen molar-refractivity contribution < 1.29 is 9.16 Å². The number of nitriles is 1. The zero-order chi connectivity index (χ0) is 20.1. The minimum atomic E-state index is -1.72. The Morgan fingerprint density at radius 2 is 2.11 bits per heavy atom. The van der Waals surface area contributed by atoms with Crippen molar-refractivity contribution in [1.29, 1.82) is 5.26 Å². The SMILES string of the molecule is CNC(CN1CCC(O[Si](C)(C)C(C)(C)C)C1)c1cccc(OCC#N)c1. The molecule has 1 saturated heterocycles. The van der Waals surface area contributed by atoms with E-state index in [4.69, 9.17) is 14.4 Å². The molecule has 1 aliphatic heterocycles. The molecule has 6 heteroatoms. The van der Waals surface area contributed by atoms with Gasteiger partial charge in [-0.15, -0.1) is 0 Å². The highest BCUT2D eigenvalue weighted by Gasteiger charge is 2.40. The molecular weight excluding hydrogens is 354 g/mol. The molecule has 0 spiro atoms. The van der Waals surface area contributed by atoms with Gasteiger partial charge in [-0.3, -0.25) is 4.90 Å².